The Kier molecular flexibility index (Phi) is 7.35. The van der Waals surface area contributed by atoms with Crippen molar-refractivity contribution in [3.8, 4) is 11.5 Å². The van der Waals surface area contributed by atoms with E-state index in [0.717, 1.165) is 17.1 Å². The molecule has 1 aromatic heterocycles. The van der Waals surface area contributed by atoms with Crippen LogP contribution in [0.2, 0.25) is 0 Å². The number of hydrogen-bond acceptors (Lipinski definition) is 6. The molecule has 0 unspecified atom stereocenters. The molecule has 0 saturated heterocycles. The van der Waals surface area contributed by atoms with Gasteiger partial charge in [0.2, 0.25) is 5.91 Å². The number of aromatic nitrogens is 3. The molecule has 1 amide bonds. The molecular weight excluding hydrogens is 400 g/mol. The van der Waals surface area contributed by atoms with E-state index in [9.17, 15) is 4.79 Å². The van der Waals surface area contributed by atoms with Crippen LogP contribution in [0.15, 0.2) is 53.7 Å². The van der Waals surface area contributed by atoms with Gasteiger partial charge in [-0.1, -0.05) is 36.0 Å². The molecule has 0 fully saturated rings. The Morgan fingerprint density at radius 1 is 1.20 bits per heavy atom. The van der Waals surface area contributed by atoms with Gasteiger partial charge in [0, 0.05) is 6.54 Å². The zero-order valence-corrected chi connectivity index (χ0v) is 18.4. The normalized spacial score (nSPS) is 11.7. The van der Waals surface area contributed by atoms with E-state index in [1.807, 2.05) is 73.9 Å². The third kappa shape index (κ3) is 5.33. The van der Waals surface area contributed by atoms with Crippen molar-refractivity contribution in [2.45, 2.75) is 38.6 Å². The van der Waals surface area contributed by atoms with Gasteiger partial charge in [-0.2, -0.15) is 0 Å². The maximum Gasteiger partial charge on any atom is 0.234 e. The Hall–Kier alpha value is -3.00. The van der Waals surface area contributed by atoms with Crippen LogP contribution in [-0.2, 0) is 11.3 Å². The first-order valence-electron chi connectivity index (χ1n) is 9.74. The van der Waals surface area contributed by atoms with Crippen molar-refractivity contribution in [1.29, 1.82) is 0 Å². The van der Waals surface area contributed by atoms with Crippen LogP contribution in [0.25, 0.3) is 0 Å². The number of para-hydroxylation sites is 1. The van der Waals surface area contributed by atoms with Crippen LogP contribution in [-0.4, -0.2) is 33.5 Å². The van der Waals surface area contributed by atoms with Crippen LogP contribution in [0.5, 0.6) is 11.5 Å². The summed E-state index contributed by atoms with van der Waals surface area (Å²) in [4.78, 5) is 12.5. The van der Waals surface area contributed by atoms with E-state index in [0.29, 0.717) is 23.1 Å². The van der Waals surface area contributed by atoms with Gasteiger partial charge in [-0.25, -0.2) is 0 Å². The maximum absolute atomic E-state index is 12.5. The molecule has 3 rings (SSSR count). The van der Waals surface area contributed by atoms with Gasteiger partial charge in [-0.05, 0) is 50.6 Å². The second-order valence-electron chi connectivity index (χ2n) is 6.70. The summed E-state index contributed by atoms with van der Waals surface area (Å²) in [6, 6.07) is 15.3. The minimum Gasteiger partial charge on any atom is -0.495 e. The molecule has 8 heteroatoms. The van der Waals surface area contributed by atoms with Crippen LogP contribution >= 0.6 is 11.8 Å². The Morgan fingerprint density at radius 3 is 2.67 bits per heavy atom. The second kappa shape index (κ2) is 10.2. The van der Waals surface area contributed by atoms with Gasteiger partial charge >= 0.3 is 0 Å². The van der Waals surface area contributed by atoms with Gasteiger partial charge in [0.1, 0.15) is 11.5 Å². The van der Waals surface area contributed by atoms with E-state index in [1.54, 1.807) is 7.11 Å². The van der Waals surface area contributed by atoms with E-state index in [1.165, 1.54) is 11.8 Å². The number of benzene rings is 2. The number of anilines is 1. The first-order valence-corrected chi connectivity index (χ1v) is 10.7. The number of methoxy groups -OCH3 is 1. The molecule has 158 valence electrons. The highest BCUT2D eigenvalue weighted by atomic mass is 32.2. The van der Waals surface area contributed by atoms with E-state index in [2.05, 4.69) is 15.5 Å². The van der Waals surface area contributed by atoms with Gasteiger partial charge in [-0.3, -0.25) is 4.79 Å². The second-order valence-corrected chi connectivity index (χ2v) is 7.64. The zero-order chi connectivity index (χ0) is 21.5. The number of carbonyl (C=O) groups excluding carboxylic acids is 1. The molecule has 3 aromatic rings. The zero-order valence-electron chi connectivity index (χ0n) is 17.6. The fraction of sp³-hybridized carbons (Fsp3) is 0.318. The number of thioether (sulfide) groups is 1. The Balaban J connectivity index is 1.64. The number of ether oxygens (including phenoxy) is 2. The summed E-state index contributed by atoms with van der Waals surface area (Å²) in [6.45, 7) is 6.60. The van der Waals surface area contributed by atoms with Gasteiger partial charge in [0.25, 0.3) is 0 Å². The van der Waals surface area contributed by atoms with Crippen molar-refractivity contribution in [3.05, 3.63) is 59.9 Å². The average Bonchev–Trinajstić information content (AvgIpc) is 3.16. The molecule has 0 radical (unpaired) electrons. The summed E-state index contributed by atoms with van der Waals surface area (Å²) in [6.07, 6.45) is -0.264. The van der Waals surface area contributed by atoms with Gasteiger partial charge in [0.05, 0.1) is 18.6 Å². The van der Waals surface area contributed by atoms with E-state index in [-0.39, 0.29) is 17.8 Å². The number of hydrogen-bond donors (Lipinski definition) is 1. The smallest absolute Gasteiger partial charge is 0.234 e. The van der Waals surface area contributed by atoms with Crippen LogP contribution in [0.4, 0.5) is 5.69 Å². The summed E-state index contributed by atoms with van der Waals surface area (Å²) in [5, 5.41) is 12.2. The lowest BCUT2D eigenvalue weighted by atomic mass is 10.2. The number of nitrogens with one attached hydrogen (secondary N) is 1. The average molecular weight is 427 g/mol. The third-order valence-electron chi connectivity index (χ3n) is 4.44. The van der Waals surface area contributed by atoms with Gasteiger partial charge in [-0.15, -0.1) is 10.2 Å². The molecule has 0 aliphatic heterocycles. The SMILES string of the molecule is CCn1c(SCC(=O)Nc2cc(C)ccc2OC)nnc1[C@H](C)Oc1ccccc1. The summed E-state index contributed by atoms with van der Waals surface area (Å²) < 4.78 is 13.3. The lowest BCUT2D eigenvalue weighted by Gasteiger charge is -2.15. The standard InChI is InChI=1S/C22H26N4O3S/c1-5-26-21(16(3)29-17-9-7-6-8-10-17)24-25-22(26)30-14-20(27)23-18-13-15(2)11-12-19(18)28-4/h6-13,16H,5,14H2,1-4H3,(H,23,27)/t16-/m0/s1. The van der Waals surface area contributed by atoms with Crippen LogP contribution in [0.3, 0.4) is 0 Å². The monoisotopic (exact) mass is 426 g/mol. The van der Waals surface area contributed by atoms with Crippen LogP contribution in [0.1, 0.15) is 31.3 Å². The predicted molar refractivity (Wildman–Crippen MR) is 118 cm³/mol. The Labute approximate surface area is 180 Å². The van der Waals surface area contributed by atoms with Crippen molar-refractivity contribution >= 4 is 23.4 Å². The maximum atomic E-state index is 12.5. The number of carbonyl (C=O) groups is 1. The number of aryl methyl sites for hydroxylation is 1. The largest absolute Gasteiger partial charge is 0.495 e. The first-order chi connectivity index (χ1) is 14.5. The van der Waals surface area contributed by atoms with Crippen molar-refractivity contribution < 1.29 is 14.3 Å². The summed E-state index contributed by atoms with van der Waals surface area (Å²) in [5.74, 6) is 2.21. The third-order valence-corrected chi connectivity index (χ3v) is 5.41. The van der Waals surface area contributed by atoms with Crippen molar-refractivity contribution in [2.24, 2.45) is 0 Å². The topological polar surface area (TPSA) is 78.3 Å². The quantitative estimate of drug-likeness (QED) is 0.508. The molecule has 1 heterocycles. The fourth-order valence-corrected chi connectivity index (χ4v) is 3.81. The molecule has 7 nitrogen and oxygen atoms in total. The van der Waals surface area contributed by atoms with Gasteiger partial charge < -0.3 is 19.4 Å². The summed E-state index contributed by atoms with van der Waals surface area (Å²) in [7, 11) is 1.58. The first kappa shape index (κ1) is 21.7. The lowest BCUT2D eigenvalue weighted by Crippen LogP contribution is -2.16. The molecule has 1 atom stereocenters. The molecule has 0 bridgehead atoms. The van der Waals surface area contributed by atoms with E-state index in [4.69, 9.17) is 9.47 Å². The molecule has 30 heavy (non-hydrogen) atoms. The van der Waals surface area contributed by atoms with Crippen molar-refractivity contribution in [2.75, 3.05) is 18.2 Å². The molecule has 0 aliphatic rings. The van der Waals surface area contributed by atoms with Crippen molar-refractivity contribution in [1.82, 2.24) is 14.8 Å². The fourth-order valence-electron chi connectivity index (χ4n) is 3.00. The molecule has 0 spiro atoms. The highest BCUT2D eigenvalue weighted by Gasteiger charge is 2.19. The summed E-state index contributed by atoms with van der Waals surface area (Å²) >= 11 is 1.34. The molecule has 0 aliphatic carbocycles. The number of nitrogens with zero attached hydrogens (tertiary/aromatic N) is 3. The minimum absolute atomic E-state index is 0.135. The van der Waals surface area contributed by atoms with Crippen LogP contribution < -0.4 is 14.8 Å². The highest BCUT2D eigenvalue weighted by molar-refractivity contribution is 7.99. The minimum atomic E-state index is -0.264. The molecular formula is C22H26N4O3S. The Bertz CT molecular complexity index is 991. The summed E-state index contributed by atoms with van der Waals surface area (Å²) in [5.41, 5.74) is 1.70. The van der Waals surface area contributed by atoms with Gasteiger partial charge in [0.15, 0.2) is 17.1 Å². The van der Waals surface area contributed by atoms with Crippen molar-refractivity contribution in [3.63, 3.8) is 0 Å². The number of rotatable bonds is 9. The molecule has 2 aromatic carbocycles. The highest BCUT2D eigenvalue weighted by Crippen LogP contribution is 2.27. The predicted octanol–water partition coefficient (Wildman–Crippen LogP) is 4.49. The molecule has 0 saturated carbocycles. The Morgan fingerprint density at radius 2 is 1.97 bits per heavy atom. The van der Waals surface area contributed by atoms with E-state index >= 15 is 0 Å². The number of amides is 1. The lowest BCUT2D eigenvalue weighted by molar-refractivity contribution is -0.113. The van der Waals surface area contributed by atoms with Crippen LogP contribution in [0, 0.1) is 6.92 Å². The van der Waals surface area contributed by atoms with E-state index < -0.39 is 0 Å². The molecule has 1 N–H and O–H groups in total.